The minimum atomic E-state index is -0.875. The molecule has 0 aromatic heterocycles. The summed E-state index contributed by atoms with van der Waals surface area (Å²) in [5.41, 5.74) is 1.75. The number of aliphatic carboxylic acids is 1. The summed E-state index contributed by atoms with van der Waals surface area (Å²) in [6.45, 7) is 0. The molecule has 2 aliphatic rings. The average molecular weight is 300 g/mol. The Hall–Kier alpha value is -2.30. The van der Waals surface area contributed by atoms with E-state index in [0.717, 1.165) is 12.1 Å². The zero-order valence-electron chi connectivity index (χ0n) is 12.7. The molecule has 0 unspecified atom stereocenters. The zero-order valence-corrected chi connectivity index (χ0v) is 12.7. The molecular weight excluding hydrogens is 280 g/mol. The number of benzene rings is 1. The van der Waals surface area contributed by atoms with Gasteiger partial charge in [-0.1, -0.05) is 12.2 Å². The number of carboxylic acid groups (broad SMARTS) is 1. The van der Waals surface area contributed by atoms with E-state index in [0.29, 0.717) is 5.69 Å². The van der Waals surface area contributed by atoms with Crippen molar-refractivity contribution in [1.29, 1.82) is 0 Å². The summed E-state index contributed by atoms with van der Waals surface area (Å²) >= 11 is 0. The van der Waals surface area contributed by atoms with Gasteiger partial charge in [0.1, 0.15) is 0 Å². The summed E-state index contributed by atoms with van der Waals surface area (Å²) in [7, 11) is 3.90. The molecule has 1 amide bonds. The third-order valence-electron chi connectivity index (χ3n) is 4.70. The number of anilines is 2. The lowest BCUT2D eigenvalue weighted by molar-refractivity contribution is -0.146. The second-order valence-electron chi connectivity index (χ2n) is 6.27. The number of rotatable bonds is 4. The standard InChI is InChI=1S/C17H20N2O3/c1-19(2)13-7-5-12(6-8-13)18-16(20)14-10-3-4-11(9-10)15(14)17(21)22/h3-8,10-11,14-15H,9H2,1-2H3,(H,18,20)(H,21,22)/t10-,11-,14-,15-/m0/s1. The Balaban J connectivity index is 1.74. The van der Waals surface area contributed by atoms with E-state index >= 15 is 0 Å². The highest BCUT2D eigenvalue weighted by molar-refractivity contribution is 5.96. The van der Waals surface area contributed by atoms with Crippen molar-refractivity contribution in [2.75, 3.05) is 24.3 Å². The zero-order chi connectivity index (χ0) is 15.9. The summed E-state index contributed by atoms with van der Waals surface area (Å²) in [5.74, 6) is -2.10. The van der Waals surface area contributed by atoms with E-state index < -0.39 is 17.8 Å². The SMILES string of the molecule is CN(C)c1ccc(NC(=O)[C@@H]2[C@@H](C(=O)O)[C@H]3C=C[C@H]2C3)cc1. The van der Waals surface area contributed by atoms with Crippen molar-refractivity contribution in [3.05, 3.63) is 36.4 Å². The van der Waals surface area contributed by atoms with Gasteiger partial charge in [0.2, 0.25) is 5.91 Å². The first-order valence-electron chi connectivity index (χ1n) is 7.47. The molecular formula is C17H20N2O3. The van der Waals surface area contributed by atoms with Gasteiger partial charge in [-0.05, 0) is 42.5 Å². The molecule has 0 spiro atoms. The van der Waals surface area contributed by atoms with Crippen LogP contribution < -0.4 is 10.2 Å². The first-order valence-corrected chi connectivity index (χ1v) is 7.47. The third kappa shape index (κ3) is 2.47. The summed E-state index contributed by atoms with van der Waals surface area (Å²) in [6, 6.07) is 7.52. The molecule has 1 fully saturated rings. The van der Waals surface area contributed by atoms with Crippen molar-refractivity contribution in [1.82, 2.24) is 0 Å². The Morgan fingerprint density at radius 2 is 1.68 bits per heavy atom. The maximum Gasteiger partial charge on any atom is 0.307 e. The highest BCUT2D eigenvalue weighted by Crippen LogP contribution is 2.48. The maximum absolute atomic E-state index is 12.5. The lowest BCUT2D eigenvalue weighted by Gasteiger charge is -2.24. The van der Waals surface area contributed by atoms with Gasteiger partial charge in [-0.25, -0.2) is 0 Å². The van der Waals surface area contributed by atoms with Gasteiger partial charge in [-0.2, -0.15) is 0 Å². The fourth-order valence-electron chi connectivity index (χ4n) is 3.58. The number of carboxylic acids is 1. The number of fused-ring (bicyclic) bond motifs is 2. The topological polar surface area (TPSA) is 69.6 Å². The lowest BCUT2D eigenvalue weighted by Crippen LogP contribution is -2.36. The van der Waals surface area contributed by atoms with Gasteiger partial charge in [0.05, 0.1) is 11.8 Å². The molecule has 1 aromatic rings. The van der Waals surface area contributed by atoms with Crippen LogP contribution in [0.3, 0.4) is 0 Å². The highest BCUT2D eigenvalue weighted by atomic mass is 16.4. The molecule has 4 atom stereocenters. The van der Waals surface area contributed by atoms with Crippen LogP contribution in [0.2, 0.25) is 0 Å². The number of allylic oxidation sites excluding steroid dienone is 2. The van der Waals surface area contributed by atoms with E-state index in [9.17, 15) is 14.7 Å². The monoisotopic (exact) mass is 300 g/mol. The Morgan fingerprint density at radius 1 is 1.09 bits per heavy atom. The minimum Gasteiger partial charge on any atom is -0.481 e. The van der Waals surface area contributed by atoms with Crippen molar-refractivity contribution in [2.45, 2.75) is 6.42 Å². The Labute approximate surface area is 129 Å². The van der Waals surface area contributed by atoms with Crippen LogP contribution in [0.5, 0.6) is 0 Å². The van der Waals surface area contributed by atoms with Crippen LogP contribution in [-0.2, 0) is 9.59 Å². The van der Waals surface area contributed by atoms with Crippen LogP contribution in [0, 0.1) is 23.7 Å². The first-order chi connectivity index (χ1) is 10.5. The van der Waals surface area contributed by atoms with E-state index in [4.69, 9.17) is 0 Å². The summed E-state index contributed by atoms with van der Waals surface area (Å²) in [4.78, 5) is 26.0. The van der Waals surface area contributed by atoms with Crippen molar-refractivity contribution in [3.8, 4) is 0 Å². The van der Waals surface area contributed by atoms with Crippen LogP contribution in [0.15, 0.2) is 36.4 Å². The van der Waals surface area contributed by atoms with Gasteiger partial charge in [-0.3, -0.25) is 9.59 Å². The molecule has 116 valence electrons. The average Bonchev–Trinajstić information content (AvgIpc) is 3.08. The second kappa shape index (κ2) is 5.48. The van der Waals surface area contributed by atoms with E-state index in [1.807, 2.05) is 55.4 Å². The molecule has 1 saturated carbocycles. The normalized spacial score (nSPS) is 28.6. The van der Waals surface area contributed by atoms with Crippen LogP contribution in [0.4, 0.5) is 11.4 Å². The van der Waals surface area contributed by atoms with Gasteiger partial charge in [-0.15, -0.1) is 0 Å². The molecule has 5 nitrogen and oxygen atoms in total. The number of hydrogen-bond donors (Lipinski definition) is 2. The van der Waals surface area contributed by atoms with Crippen molar-refractivity contribution >= 4 is 23.3 Å². The number of hydrogen-bond acceptors (Lipinski definition) is 3. The number of amides is 1. The lowest BCUT2D eigenvalue weighted by atomic mass is 9.82. The third-order valence-corrected chi connectivity index (χ3v) is 4.70. The summed E-state index contributed by atoms with van der Waals surface area (Å²) in [6.07, 6.45) is 4.71. The van der Waals surface area contributed by atoms with Gasteiger partial charge in [0.25, 0.3) is 0 Å². The first kappa shape index (κ1) is 14.6. The molecule has 22 heavy (non-hydrogen) atoms. The molecule has 0 saturated heterocycles. The Morgan fingerprint density at radius 3 is 2.23 bits per heavy atom. The molecule has 1 aromatic carbocycles. The number of nitrogens with one attached hydrogen (secondary N) is 1. The van der Waals surface area contributed by atoms with E-state index in [1.165, 1.54) is 0 Å². The highest BCUT2D eigenvalue weighted by Gasteiger charge is 2.51. The number of carbonyl (C=O) groups is 2. The molecule has 0 aliphatic heterocycles. The van der Waals surface area contributed by atoms with Crippen molar-refractivity contribution < 1.29 is 14.7 Å². The van der Waals surface area contributed by atoms with Crippen molar-refractivity contribution in [2.24, 2.45) is 23.7 Å². The molecule has 2 bridgehead atoms. The quantitative estimate of drug-likeness (QED) is 0.837. The van der Waals surface area contributed by atoms with E-state index in [2.05, 4.69) is 5.32 Å². The van der Waals surface area contributed by atoms with E-state index in [1.54, 1.807) is 0 Å². The number of nitrogens with zero attached hydrogens (tertiary/aromatic N) is 1. The van der Waals surface area contributed by atoms with Crippen LogP contribution in [-0.4, -0.2) is 31.1 Å². The summed E-state index contributed by atoms with van der Waals surface area (Å²) in [5, 5.41) is 12.3. The molecule has 2 aliphatic carbocycles. The van der Waals surface area contributed by atoms with Gasteiger partial charge in [0.15, 0.2) is 0 Å². The Kier molecular flexibility index (Phi) is 3.64. The van der Waals surface area contributed by atoms with Gasteiger partial charge < -0.3 is 15.3 Å². The predicted octanol–water partition coefficient (Wildman–Crippen LogP) is 2.21. The fraction of sp³-hybridized carbons (Fsp3) is 0.412. The number of carbonyl (C=O) groups excluding carboxylic acids is 1. The second-order valence-corrected chi connectivity index (χ2v) is 6.27. The summed E-state index contributed by atoms with van der Waals surface area (Å²) < 4.78 is 0. The molecule has 5 heteroatoms. The van der Waals surface area contributed by atoms with Crippen molar-refractivity contribution in [3.63, 3.8) is 0 Å². The largest absolute Gasteiger partial charge is 0.481 e. The predicted molar refractivity (Wildman–Crippen MR) is 84.8 cm³/mol. The molecule has 3 rings (SSSR count). The molecule has 2 N–H and O–H groups in total. The van der Waals surface area contributed by atoms with Gasteiger partial charge >= 0.3 is 5.97 Å². The van der Waals surface area contributed by atoms with E-state index in [-0.39, 0.29) is 17.7 Å². The van der Waals surface area contributed by atoms with Crippen LogP contribution >= 0.6 is 0 Å². The minimum absolute atomic E-state index is 0.00522. The smallest absolute Gasteiger partial charge is 0.307 e. The fourth-order valence-corrected chi connectivity index (χ4v) is 3.58. The Bertz CT molecular complexity index is 621. The van der Waals surface area contributed by atoms with Crippen LogP contribution in [0.1, 0.15) is 6.42 Å². The molecule has 0 radical (unpaired) electrons. The van der Waals surface area contributed by atoms with Crippen LogP contribution in [0.25, 0.3) is 0 Å². The molecule has 0 heterocycles. The van der Waals surface area contributed by atoms with Gasteiger partial charge in [0, 0.05) is 25.5 Å². The maximum atomic E-state index is 12.5.